The van der Waals surface area contributed by atoms with Gasteiger partial charge in [0.05, 0.1) is 13.4 Å². The number of esters is 1. The molecule has 0 aliphatic carbocycles. The van der Waals surface area contributed by atoms with Gasteiger partial charge in [-0.2, -0.15) is 0 Å². The van der Waals surface area contributed by atoms with Gasteiger partial charge in [-0.05, 0) is 19.1 Å². The molecule has 2 amide bonds. The predicted octanol–water partition coefficient (Wildman–Crippen LogP) is -0.549. The first-order valence-corrected chi connectivity index (χ1v) is 7.28. The number of likely N-dealkylation sites (tertiary alicyclic amines) is 1. The Hall–Kier alpha value is -2.15. The second kappa shape index (κ2) is 4.95. The normalized spacial score (nSPS) is 34.1. The van der Waals surface area contributed by atoms with Crippen molar-refractivity contribution in [3.63, 3.8) is 0 Å². The Morgan fingerprint density at radius 2 is 2.18 bits per heavy atom. The molecule has 0 bridgehead atoms. The van der Waals surface area contributed by atoms with Gasteiger partial charge in [0.2, 0.25) is 17.4 Å². The SMILES string of the molecule is CCN1C(=O)[C@@H]2[C@@H](c3ccco3)[NH2+][C@@](C)(C(=O)OC)[C@@H]2C1=O. The van der Waals surface area contributed by atoms with Crippen molar-refractivity contribution in [3.8, 4) is 0 Å². The van der Waals surface area contributed by atoms with Crippen LogP contribution < -0.4 is 5.32 Å². The van der Waals surface area contributed by atoms with Gasteiger partial charge in [-0.1, -0.05) is 0 Å². The van der Waals surface area contributed by atoms with Gasteiger partial charge in [0.1, 0.15) is 11.8 Å². The number of nitrogens with two attached hydrogens (primary N) is 1. The van der Waals surface area contributed by atoms with Crippen molar-refractivity contribution >= 4 is 17.8 Å². The zero-order valence-electron chi connectivity index (χ0n) is 12.7. The lowest BCUT2D eigenvalue weighted by molar-refractivity contribution is -0.732. The van der Waals surface area contributed by atoms with Gasteiger partial charge in [-0.15, -0.1) is 0 Å². The average Bonchev–Trinajstić information content (AvgIpc) is 3.17. The molecule has 1 aromatic rings. The highest BCUT2D eigenvalue weighted by molar-refractivity contribution is 6.08. The van der Waals surface area contributed by atoms with Crippen molar-refractivity contribution < 1.29 is 28.9 Å². The van der Waals surface area contributed by atoms with Crippen molar-refractivity contribution in [1.29, 1.82) is 0 Å². The number of fused-ring (bicyclic) bond motifs is 1. The van der Waals surface area contributed by atoms with Crippen LogP contribution in [0.2, 0.25) is 0 Å². The lowest BCUT2D eigenvalue weighted by atomic mass is 9.81. The van der Waals surface area contributed by atoms with Crippen molar-refractivity contribution in [1.82, 2.24) is 4.90 Å². The quantitative estimate of drug-likeness (QED) is 0.597. The van der Waals surface area contributed by atoms with E-state index in [1.807, 2.05) is 0 Å². The number of hydrogen-bond acceptors (Lipinski definition) is 5. The second-order valence-electron chi connectivity index (χ2n) is 5.91. The molecule has 3 rings (SSSR count). The van der Waals surface area contributed by atoms with Gasteiger partial charge < -0.3 is 14.5 Å². The average molecular weight is 307 g/mol. The van der Waals surface area contributed by atoms with E-state index in [0.29, 0.717) is 12.3 Å². The summed E-state index contributed by atoms with van der Waals surface area (Å²) in [6, 6.07) is 3.08. The number of hydrogen-bond donors (Lipinski definition) is 1. The topological polar surface area (TPSA) is 93.4 Å². The maximum absolute atomic E-state index is 12.6. The molecule has 2 N–H and O–H groups in total. The lowest BCUT2D eigenvalue weighted by Gasteiger charge is -2.24. The maximum Gasteiger partial charge on any atom is 0.368 e. The zero-order chi connectivity index (χ0) is 16.1. The molecular weight excluding hydrogens is 288 g/mol. The largest absolute Gasteiger partial charge is 0.464 e. The van der Waals surface area contributed by atoms with Crippen molar-refractivity contribution in [2.24, 2.45) is 11.8 Å². The molecule has 7 nitrogen and oxygen atoms in total. The molecular formula is C15H19N2O5+. The molecule has 7 heteroatoms. The minimum absolute atomic E-state index is 0.247. The number of amides is 2. The van der Waals surface area contributed by atoms with E-state index in [9.17, 15) is 14.4 Å². The Kier molecular flexibility index (Phi) is 3.32. The molecule has 2 aliphatic rings. The standard InChI is InChI=1S/C15H18N2O5/c1-4-17-12(18)9-10(13(17)19)15(2,14(20)21-3)16-11(9)8-6-5-7-22-8/h5-7,9-11,16H,4H2,1-3H3/p+1/t9-,10-,11+,15+/m0/s1. The van der Waals surface area contributed by atoms with Crippen LogP contribution in [0.4, 0.5) is 0 Å². The fraction of sp³-hybridized carbons (Fsp3) is 0.533. The van der Waals surface area contributed by atoms with E-state index in [4.69, 9.17) is 9.15 Å². The summed E-state index contributed by atoms with van der Waals surface area (Å²) in [6.07, 6.45) is 1.52. The predicted molar refractivity (Wildman–Crippen MR) is 73.2 cm³/mol. The summed E-state index contributed by atoms with van der Waals surface area (Å²) in [5, 5.41) is 1.73. The molecule has 0 spiro atoms. The summed E-state index contributed by atoms with van der Waals surface area (Å²) in [5.41, 5.74) is -1.13. The van der Waals surface area contributed by atoms with Crippen LogP contribution in [0.15, 0.2) is 22.8 Å². The number of furan rings is 1. The van der Waals surface area contributed by atoms with Gasteiger partial charge in [0.25, 0.3) is 0 Å². The maximum atomic E-state index is 12.6. The molecule has 0 saturated carbocycles. The number of imide groups is 1. The number of nitrogens with zero attached hydrogens (tertiary/aromatic N) is 1. The van der Waals surface area contributed by atoms with E-state index in [1.165, 1.54) is 18.3 Å². The summed E-state index contributed by atoms with van der Waals surface area (Å²) in [4.78, 5) is 38.7. The van der Waals surface area contributed by atoms with Crippen LogP contribution in [0.1, 0.15) is 25.6 Å². The van der Waals surface area contributed by atoms with Crippen LogP contribution in [0.5, 0.6) is 0 Å². The molecule has 2 aliphatic heterocycles. The first-order chi connectivity index (χ1) is 10.5. The Morgan fingerprint density at radius 3 is 2.73 bits per heavy atom. The summed E-state index contributed by atoms with van der Waals surface area (Å²) < 4.78 is 10.3. The van der Waals surface area contributed by atoms with Crippen LogP contribution >= 0.6 is 0 Å². The van der Waals surface area contributed by atoms with E-state index >= 15 is 0 Å². The smallest absolute Gasteiger partial charge is 0.368 e. The lowest BCUT2D eigenvalue weighted by Crippen LogP contribution is -2.97. The third-order valence-electron chi connectivity index (χ3n) is 4.81. The summed E-state index contributed by atoms with van der Waals surface area (Å²) in [7, 11) is 1.29. The third kappa shape index (κ3) is 1.75. The molecule has 118 valence electrons. The summed E-state index contributed by atoms with van der Waals surface area (Å²) >= 11 is 0. The highest BCUT2D eigenvalue weighted by Crippen LogP contribution is 2.44. The minimum atomic E-state index is -1.13. The first-order valence-electron chi connectivity index (χ1n) is 7.28. The molecule has 2 saturated heterocycles. The van der Waals surface area contributed by atoms with Crippen LogP contribution in [0.25, 0.3) is 0 Å². The first kappa shape index (κ1) is 14.8. The molecule has 4 atom stereocenters. The minimum Gasteiger partial charge on any atom is -0.464 e. The number of carbonyl (C=O) groups excluding carboxylic acids is 3. The number of rotatable bonds is 3. The van der Waals surface area contributed by atoms with Crippen LogP contribution in [0.3, 0.4) is 0 Å². The van der Waals surface area contributed by atoms with Gasteiger partial charge in [0.15, 0.2) is 11.8 Å². The number of methoxy groups -OCH3 is 1. The fourth-order valence-electron chi connectivity index (χ4n) is 3.79. The van der Waals surface area contributed by atoms with Gasteiger partial charge in [-0.3, -0.25) is 14.5 Å². The Bertz CT molecular complexity index is 626. The Labute approximate surface area is 127 Å². The van der Waals surface area contributed by atoms with Crippen LogP contribution in [0, 0.1) is 11.8 Å². The monoisotopic (exact) mass is 307 g/mol. The van der Waals surface area contributed by atoms with Gasteiger partial charge >= 0.3 is 5.97 Å². The molecule has 0 aromatic carbocycles. The third-order valence-corrected chi connectivity index (χ3v) is 4.81. The Balaban J connectivity index is 2.09. The molecule has 0 unspecified atom stereocenters. The molecule has 3 heterocycles. The van der Waals surface area contributed by atoms with Crippen molar-refractivity contribution in [2.45, 2.75) is 25.4 Å². The van der Waals surface area contributed by atoms with E-state index in [0.717, 1.165) is 0 Å². The van der Waals surface area contributed by atoms with Gasteiger partial charge in [-0.25, -0.2) is 4.79 Å². The number of carbonyl (C=O) groups is 3. The van der Waals surface area contributed by atoms with Crippen molar-refractivity contribution in [2.75, 3.05) is 13.7 Å². The van der Waals surface area contributed by atoms with E-state index in [-0.39, 0.29) is 11.8 Å². The van der Waals surface area contributed by atoms with E-state index < -0.39 is 29.4 Å². The van der Waals surface area contributed by atoms with E-state index in [2.05, 4.69) is 0 Å². The van der Waals surface area contributed by atoms with Crippen LogP contribution in [-0.2, 0) is 19.1 Å². The van der Waals surface area contributed by atoms with Gasteiger partial charge in [0, 0.05) is 13.5 Å². The fourth-order valence-corrected chi connectivity index (χ4v) is 3.79. The highest BCUT2D eigenvalue weighted by atomic mass is 16.5. The molecule has 0 radical (unpaired) electrons. The van der Waals surface area contributed by atoms with E-state index in [1.54, 1.807) is 31.3 Å². The number of quaternary nitrogens is 1. The van der Waals surface area contributed by atoms with Crippen molar-refractivity contribution in [3.05, 3.63) is 24.2 Å². The number of ether oxygens (including phenoxy) is 1. The molecule has 1 aromatic heterocycles. The second-order valence-corrected chi connectivity index (χ2v) is 5.91. The summed E-state index contributed by atoms with van der Waals surface area (Å²) in [6.45, 7) is 3.70. The van der Waals surface area contributed by atoms with Crippen LogP contribution in [-0.4, -0.2) is 41.9 Å². The molecule has 22 heavy (non-hydrogen) atoms. The zero-order valence-corrected chi connectivity index (χ0v) is 12.7. The highest BCUT2D eigenvalue weighted by Gasteiger charge is 2.70. The molecule has 2 fully saturated rings. The summed E-state index contributed by atoms with van der Waals surface area (Å²) in [5.74, 6) is -1.82. The Morgan fingerprint density at radius 1 is 1.45 bits per heavy atom.